The Hall–Kier alpha value is -0.0800. The molecule has 42 valence electrons. The number of rotatable bonds is 0. The average Bonchev–Trinajstić information content (AvgIpc) is 1.69. The number of hydrogen-bond acceptors (Lipinski definition) is 2. The van der Waals surface area contributed by atoms with Gasteiger partial charge in [-0.2, -0.15) is 0 Å². The second-order valence-corrected chi connectivity index (χ2v) is 1.73. The molecule has 0 atom stereocenters. The Balaban J connectivity index is 2.12. The van der Waals surface area contributed by atoms with E-state index in [-0.39, 0.29) is 0 Å². The normalized spacial score (nSPS) is 25.3. The molecule has 0 radical (unpaired) electrons. The van der Waals surface area contributed by atoms with Crippen LogP contribution >= 0.6 is 0 Å². The third-order valence-electron chi connectivity index (χ3n) is 1.10. The van der Waals surface area contributed by atoms with Gasteiger partial charge in [0.05, 0.1) is 13.2 Å². The molecule has 0 saturated carbocycles. The van der Waals surface area contributed by atoms with Crippen LogP contribution in [0, 0.1) is 7.05 Å². The maximum atomic E-state index is 5.06. The smallest absolute Gasteiger partial charge is 0.0569 e. The number of morpholine rings is 1. The van der Waals surface area contributed by atoms with Crippen molar-refractivity contribution >= 4 is 0 Å². The van der Waals surface area contributed by atoms with Crippen molar-refractivity contribution in [2.24, 2.45) is 0 Å². The first kappa shape index (κ1) is 5.06. The van der Waals surface area contributed by atoms with Crippen LogP contribution in [0.25, 0.3) is 0 Å². The fourth-order valence-electron chi connectivity index (χ4n) is 0.601. The molecule has 7 heavy (non-hydrogen) atoms. The molecule has 0 aliphatic carbocycles. The Kier molecular flexibility index (Phi) is 1.65. The van der Waals surface area contributed by atoms with E-state index in [2.05, 4.69) is 7.05 Å². The van der Waals surface area contributed by atoms with Gasteiger partial charge in [-0.3, -0.25) is 7.05 Å². The van der Waals surface area contributed by atoms with Crippen LogP contribution in [-0.4, -0.2) is 31.2 Å². The molecule has 2 nitrogen and oxygen atoms in total. The molecule has 0 N–H and O–H groups in total. The van der Waals surface area contributed by atoms with E-state index >= 15 is 0 Å². The zero-order chi connectivity index (χ0) is 5.11. The van der Waals surface area contributed by atoms with Crippen LogP contribution in [0.15, 0.2) is 0 Å². The molecule has 0 amide bonds. The molecule has 1 aliphatic rings. The zero-order valence-corrected chi connectivity index (χ0v) is 4.39. The van der Waals surface area contributed by atoms with E-state index in [0.717, 1.165) is 26.3 Å². The fourth-order valence-corrected chi connectivity index (χ4v) is 0.601. The molecular weight excluding hydrogens is 90.1 g/mol. The highest BCUT2D eigenvalue weighted by Crippen LogP contribution is 1.91. The van der Waals surface area contributed by atoms with Crippen molar-refractivity contribution in [1.82, 2.24) is 4.90 Å². The SMILES string of the molecule is [CH2-]N1CCOCC1. The van der Waals surface area contributed by atoms with Gasteiger partial charge in [0, 0.05) is 0 Å². The Labute approximate surface area is 44.1 Å². The molecular formula is C5H10NO-. The minimum Gasteiger partial charge on any atom is -0.455 e. The second kappa shape index (κ2) is 2.28. The maximum Gasteiger partial charge on any atom is 0.0569 e. The molecule has 0 bridgehead atoms. The highest BCUT2D eigenvalue weighted by Gasteiger charge is 1.96. The third kappa shape index (κ3) is 1.45. The summed E-state index contributed by atoms with van der Waals surface area (Å²) in [5.74, 6) is 0. The standard InChI is InChI=1S/C5H10NO/c1-6-2-4-7-5-3-6/h1-5H2/q-1. The summed E-state index contributed by atoms with van der Waals surface area (Å²) in [4.78, 5) is 2.02. The Morgan fingerprint density at radius 2 is 1.86 bits per heavy atom. The van der Waals surface area contributed by atoms with Crippen molar-refractivity contribution in [2.45, 2.75) is 0 Å². The molecule has 1 aliphatic heterocycles. The lowest BCUT2D eigenvalue weighted by molar-refractivity contribution is 0.0580. The molecule has 0 aromatic rings. The Morgan fingerprint density at radius 3 is 2.14 bits per heavy atom. The summed E-state index contributed by atoms with van der Waals surface area (Å²) in [7, 11) is 3.75. The van der Waals surface area contributed by atoms with E-state index in [1.165, 1.54) is 0 Å². The van der Waals surface area contributed by atoms with Crippen LogP contribution in [0.4, 0.5) is 0 Å². The Morgan fingerprint density at radius 1 is 1.29 bits per heavy atom. The predicted molar refractivity (Wildman–Crippen MR) is 27.7 cm³/mol. The topological polar surface area (TPSA) is 12.5 Å². The summed E-state index contributed by atoms with van der Waals surface area (Å²) in [6, 6.07) is 0. The summed E-state index contributed by atoms with van der Waals surface area (Å²) < 4.78 is 5.06. The molecule has 0 aromatic heterocycles. The lowest BCUT2D eigenvalue weighted by Gasteiger charge is -2.28. The van der Waals surface area contributed by atoms with Crippen LogP contribution in [0.1, 0.15) is 0 Å². The van der Waals surface area contributed by atoms with Gasteiger partial charge in [0.25, 0.3) is 0 Å². The summed E-state index contributed by atoms with van der Waals surface area (Å²) in [5.41, 5.74) is 0. The summed E-state index contributed by atoms with van der Waals surface area (Å²) in [6.45, 7) is 3.67. The van der Waals surface area contributed by atoms with E-state index in [1.807, 2.05) is 4.90 Å². The zero-order valence-electron chi connectivity index (χ0n) is 4.39. The van der Waals surface area contributed by atoms with E-state index in [9.17, 15) is 0 Å². The van der Waals surface area contributed by atoms with Gasteiger partial charge in [0.1, 0.15) is 0 Å². The van der Waals surface area contributed by atoms with Gasteiger partial charge >= 0.3 is 0 Å². The lowest BCUT2D eigenvalue weighted by atomic mass is 10.5. The van der Waals surface area contributed by atoms with Gasteiger partial charge < -0.3 is 9.64 Å². The van der Waals surface area contributed by atoms with E-state index in [4.69, 9.17) is 4.74 Å². The van der Waals surface area contributed by atoms with E-state index < -0.39 is 0 Å². The quantitative estimate of drug-likeness (QED) is 0.401. The van der Waals surface area contributed by atoms with Crippen molar-refractivity contribution in [3.63, 3.8) is 0 Å². The molecule has 1 heterocycles. The molecule has 0 aromatic carbocycles. The molecule has 1 saturated heterocycles. The van der Waals surface area contributed by atoms with Crippen molar-refractivity contribution in [2.75, 3.05) is 26.3 Å². The van der Waals surface area contributed by atoms with Gasteiger partial charge in [0.15, 0.2) is 0 Å². The number of nitrogens with zero attached hydrogens (tertiary/aromatic N) is 1. The minimum atomic E-state index is 0.851. The summed E-state index contributed by atoms with van der Waals surface area (Å²) in [6.07, 6.45) is 0. The van der Waals surface area contributed by atoms with Crippen LogP contribution in [-0.2, 0) is 4.74 Å². The first-order chi connectivity index (χ1) is 3.39. The maximum absolute atomic E-state index is 5.06. The van der Waals surface area contributed by atoms with Gasteiger partial charge in [-0.05, 0) is 13.1 Å². The minimum absolute atomic E-state index is 0.851. The lowest BCUT2D eigenvalue weighted by Crippen LogP contribution is -2.30. The van der Waals surface area contributed by atoms with Crippen LogP contribution in [0.5, 0.6) is 0 Å². The fraction of sp³-hybridized carbons (Fsp3) is 0.800. The highest BCUT2D eigenvalue weighted by molar-refractivity contribution is 4.57. The summed E-state index contributed by atoms with van der Waals surface area (Å²) >= 11 is 0. The van der Waals surface area contributed by atoms with Gasteiger partial charge in [-0.25, -0.2) is 0 Å². The van der Waals surface area contributed by atoms with Gasteiger partial charge in [-0.1, -0.05) is 0 Å². The van der Waals surface area contributed by atoms with Crippen molar-refractivity contribution in [3.05, 3.63) is 7.05 Å². The second-order valence-electron chi connectivity index (χ2n) is 1.73. The molecule has 0 spiro atoms. The summed E-state index contributed by atoms with van der Waals surface area (Å²) in [5, 5.41) is 0. The Bertz CT molecular complexity index is 50.0. The molecule has 1 fully saturated rings. The van der Waals surface area contributed by atoms with Crippen molar-refractivity contribution in [1.29, 1.82) is 0 Å². The van der Waals surface area contributed by atoms with E-state index in [0.29, 0.717) is 0 Å². The first-order valence-electron chi connectivity index (χ1n) is 2.53. The van der Waals surface area contributed by atoms with Gasteiger partial charge in [-0.15, -0.1) is 0 Å². The van der Waals surface area contributed by atoms with Crippen molar-refractivity contribution in [3.8, 4) is 0 Å². The number of hydrogen-bond donors (Lipinski definition) is 0. The number of ether oxygens (including phenoxy) is 1. The average molecular weight is 100 g/mol. The van der Waals surface area contributed by atoms with E-state index in [1.54, 1.807) is 0 Å². The first-order valence-corrected chi connectivity index (χ1v) is 2.53. The molecule has 0 unspecified atom stereocenters. The highest BCUT2D eigenvalue weighted by atomic mass is 16.5. The van der Waals surface area contributed by atoms with Crippen LogP contribution < -0.4 is 0 Å². The molecule has 1 rings (SSSR count). The molecule has 2 heteroatoms. The van der Waals surface area contributed by atoms with Crippen molar-refractivity contribution < 1.29 is 4.74 Å². The predicted octanol–water partition coefficient (Wildman–Crippen LogP) is 0.110. The third-order valence-corrected chi connectivity index (χ3v) is 1.10. The monoisotopic (exact) mass is 100 g/mol. The van der Waals surface area contributed by atoms with Gasteiger partial charge in [0.2, 0.25) is 0 Å². The largest absolute Gasteiger partial charge is 0.455 e. The van der Waals surface area contributed by atoms with Crippen LogP contribution in [0.3, 0.4) is 0 Å². The van der Waals surface area contributed by atoms with Crippen LogP contribution in [0.2, 0.25) is 0 Å².